The minimum absolute atomic E-state index is 0.00332. The van der Waals surface area contributed by atoms with E-state index in [0.29, 0.717) is 10.8 Å². The Morgan fingerprint density at radius 3 is 2.50 bits per heavy atom. The molecule has 1 amide bonds. The third kappa shape index (κ3) is 4.80. The number of nitrogens with zero attached hydrogens (tertiary/aromatic N) is 1. The molecule has 0 atom stereocenters. The normalized spacial score (nSPS) is 11.1. The van der Waals surface area contributed by atoms with E-state index in [9.17, 15) is 13.2 Å². The molecule has 2 N–H and O–H groups in total. The summed E-state index contributed by atoms with van der Waals surface area (Å²) in [6, 6.07) is 11.1. The second-order valence-electron chi connectivity index (χ2n) is 4.37. The van der Waals surface area contributed by atoms with Gasteiger partial charge >= 0.3 is 0 Å². The van der Waals surface area contributed by atoms with Crippen molar-refractivity contribution in [3.05, 3.63) is 53.7 Å². The maximum absolute atomic E-state index is 11.9. The summed E-state index contributed by atoms with van der Waals surface area (Å²) in [5.41, 5.74) is 0. The predicted octanol–water partition coefficient (Wildman–Crippen LogP) is 2.04. The highest BCUT2D eigenvalue weighted by Gasteiger charge is 2.13. The first-order valence-electron chi connectivity index (χ1n) is 6.43. The number of nitrogens with one attached hydrogen (secondary N) is 2. The number of halogens is 1. The number of hydrogen-bond donors (Lipinski definition) is 2. The Labute approximate surface area is 133 Å². The number of carbonyl (C=O) groups is 1. The number of benzene rings is 1. The molecule has 0 bridgehead atoms. The molecule has 1 aromatic heterocycles. The topological polar surface area (TPSA) is 88.2 Å². The molecule has 0 radical (unpaired) electrons. The van der Waals surface area contributed by atoms with Crippen molar-refractivity contribution >= 4 is 33.3 Å². The van der Waals surface area contributed by atoms with Gasteiger partial charge in [-0.2, -0.15) is 0 Å². The molecule has 1 aromatic carbocycles. The first-order valence-corrected chi connectivity index (χ1v) is 8.29. The van der Waals surface area contributed by atoms with Crippen LogP contribution in [-0.4, -0.2) is 25.9 Å². The number of carbonyl (C=O) groups excluding carboxylic acids is 1. The zero-order valence-electron chi connectivity index (χ0n) is 11.5. The van der Waals surface area contributed by atoms with Crippen LogP contribution in [0.25, 0.3) is 0 Å². The standard InChI is InChI=1S/C14H14ClN3O3S/c15-11-6-7-13(16-10-11)18-14(19)8-9-17-22(20,21)12-4-2-1-3-5-12/h1-7,10,17H,8-9H2,(H,16,18,19). The Morgan fingerprint density at radius 1 is 1.14 bits per heavy atom. The quantitative estimate of drug-likeness (QED) is 0.843. The van der Waals surface area contributed by atoms with Crippen molar-refractivity contribution < 1.29 is 13.2 Å². The van der Waals surface area contributed by atoms with E-state index in [1.807, 2.05) is 0 Å². The molecule has 116 valence electrons. The second-order valence-corrected chi connectivity index (χ2v) is 6.57. The Bertz CT molecular complexity index is 734. The number of pyridine rings is 1. The summed E-state index contributed by atoms with van der Waals surface area (Å²) in [5, 5.41) is 3.02. The Morgan fingerprint density at radius 2 is 1.86 bits per heavy atom. The van der Waals surface area contributed by atoms with Crippen molar-refractivity contribution in [3.63, 3.8) is 0 Å². The highest BCUT2D eigenvalue weighted by atomic mass is 35.5. The zero-order chi connectivity index (χ0) is 16.0. The maximum atomic E-state index is 11.9. The van der Waals surface area contributed by atoms with Gasteiger partial charge in [-0.3, -0.25) is 4.79 Å². The lowest BCUT2D eigenvalue weighted by Crippen LogP contribution is -2.27. The number of anilines is 1. The van der Waals surface area contributed by atoms with Gasteiger partial charge in [0.05, 0.1) is 9.92 Å². The van der Waals surface area contributed by atoms with Gasteiger partial charge < -0.3 is 5.32 Å². The van der Waals surface area contributed by atoms with E-state index in [4.69, 9.17) is 11.6 Å². The molecule has 0 unspecified atom stereocenters. The largest absolute Gasteiger partial charge is 0.311 e. The zero-order valence-corrected chi connectivity index (χ0v) is 13.1. The van der Waals surface area contributed by atoms with E-state index >= 15 is 0 Å². The van der Waals surface area contributed by atoms with Gasteiger partial charge in [-0.25, -0.2) is 18.1 Å². The highest BCUT2D eigenvalue weighted by molar-refractivity contribution is 7.89. The fourth-order valence-electron chi connectivity index (χ4n) is 1.64. The third-order valence-electron chi connectivity index (χ3n) is 2.69. The van der Waals surface area contributed by atoms with Gasteiger partial charge in [0, 0.05) is 19.2 Å². The summed E-state index contributed by atoms with van der Waals surface area (Å²) in [6.45, 7) is -0.00332. The fourth-order valence-corrected chi connectivity index (χ4v) is 2.80. The molecule has 0 aliphatic rings. The van der Waals surface area contributed by atoms with Crippen molar-refractivity contribution in [1.82, 2.24) is 9.71 Å². The third-order valence-corrected chi connectivity index (χ3v) is 4.39. The predicted molar refractivity (Wildman–Crippen MR) is 84.1 cm³/mol. The van der Waals surface area contributed by atoms with Gasteiger partial charge in [-0.05, 0) is 24.3 Å². The first kappa shape index (κ1) is 16.4. The number of aromatic nitrogens is 1. The smallest absolute Gasteiger partial charge is 0.240 e. The second kappa shape index (κ2) is 7.35. The Balaban J connectivity index is 1.83. The summed E-state index contributed by atoms with van der Waals surface area (Å²) in [7, 11) is -3.60. The molecule has 2 rings (SSSR count). The first-order chi connectivity index (χ1) is 10.5. The lowest BCUT2D eigenvalue weighted by molar-refractivity contribution is -0.116. The number of hydrogen-bond acceptors (Lipinski definition) is 4. The van der Waals surface area contributed by atoms with E-state index in [2.05, 4.69) is 15.0 Å². The molecule has 0 aliphatic heterocycles. The minimum atomic E-state index is -3.60. The molecule has 6 nitrogen and oxygen atoms in total. The van der Waals surface area contributed by atoms with Gasteiger partial charge in [-0.15, -0.1) is 0 Å². The molecule has 8 heteroatoms. The summed E-state index contributed by atoms with van der Waals surface area (Å²) in [6.07, 6.45) is 1.41. The summed E-state index contributed by atoms with van der Waals surface area (Å²) in [5.74, 6) is 0.0194. The van der Waals surface area contributed by atoms with Gasteiger partial charge in [0.1, 0.15) is 5.82 Å². The van der Waals surface area contributed by atoms with Crippen molar-refractivity contribution in [3.8, 4) is 0 Å². The minimum Gasteiger partial charge on any atom is -0.311 e. The van der Waals surface area contributed by atoms with Crippen molar-refractivity contribution in [2.45, 2.75) is 11.3 Å². The molecule has 0 saturated carbocycles. The van der Waals surface area contributed by atoms with Crippen LogP contribution in [0.5, 0.6) is 0 Å². The number of amides is 1. The Hall–Kier alpha value is -1.96. The summed E-state index contributed by atoms with van der Waals surface area (Å²) in [4.78, 5) is 15.8. The molecule has 0 fully saturated rings. The average Bonchev–Trinajstić information content (AvgIpc) is 2.50. The van der Waals surface area contributed by atoms with Crippen LogP contribution in [0.1, 0.15) is 6.42 Å². The number of rotatable bonds is 6. The van der Waals surface area contributed by atoms with Crippen molar-refractivity contribution in [2.24, 2.45) is 0 Å². The van der Waals surface area contributed by atoms with E-state index in [0.717, 1.165) is 0 Å². The van der Waals surface area contributed by atoms with E-state index in [1.54, 1.807) is 30.3 Å². The molecule has 0 saturated heterocycles. The van der Waals surface area contributed by atoms with Crippen LogP contribution in [0.3, 0.4) is 0 Å². The SMILES string of the molecule is O=C(CCNS(=O)(=O)c1ccccc1)Nc1ccc(Cl)cn1. The Kier molecular flexibility index (Phi) is 5.48. The van der Waals surface area contributed by atoms with Crippen LogP contribution in [0.2, 0.25) is 5.02 Å². The molecule has 2 aromatic rings. The molecule has 1 heterocycles. The van der Waals surface area contributed by atoms with Gasteiger partial charge in [-0.1, -0.05) is 29.8 Å². The maximum Gasteiger partial charge on any atom is 0.240 e. The van der Waals surface area contributed by atoms with Crippen LogP contribution in [0, 0.1) is 0 Å². The summed E-state index contributed by atoms with van der Waals surface area (Å²) >= 11 is 5.69. The molecule has 0 aliphatic carbocycles. The van der Waals surface area contributed by atoms with E-state index in [-0.39, 0.29) is 23.8 Å². The van der Waals surface area contributed by atoms with Crippen LogP contribution in [-0.2, 0) is 14.8 Å². The van der Waals surface area contributed by atoms with Crippen LogP contribution in [0.15, 0.2) is 53.6 Å². The highest BCUT2D eigenvalue weighted by Crippen LogP contribution is 2.10. The molecule has 22 heavy (non-hydrogen) atoms. The van der Waals surface area contributed by atoms with Gasteiger partial charge in [0.15, 0.2) is 0 Å². The van der Waals surface area contributed by atoms with Gasteiger partial charge in [0.2, 0.25) is 15.9 Å². The fraction of sp³-hybridized carbons (Fsp3) is 0.143. The van der Waals surface area contributed by atoms with E-state index < -0.39 is 10.0 Å². The average molecular weight is 340 g/mol. The van der Waals surface area contributed by atoms with E-state index in [1.165, 1.54) is 18.3 Å². The lowest BCUT2D eigenvalue weighted by Gasteiger charge is -2.07. The summed E-state index contributed by atoms with van der Waals surface area (Å²) < 4.78 is 26.3. The number of sulfonamides is 1. The monoisotopic (exact) mass is 339 g/mol. The van der Waals surface area contributed by atoms with Crippen molar-refractivity contribution in [2.75, 3.05) is 11.9 Å². The molecule has 0 spiro atoms. The van der Waals surface area contributed by atoms with Crippen molar-refractivity contribution in [1.29, 1.82) is 0 Å². The van der Waals surface area contributed by atoms with Crippen LogP contribution in [0.4, 0.5) is 5.82 Å². The van der Waals surface area contributed by atoms with Crippen LogP contribution < -0.4 is 10.0 Å². The lowest BCUT2D eigenvalue weighted by atomic mass is 10.4. The van der Waals surface area contributed by atoms with Gasteiger partial charge in [0.25, 0.3) is 0 Å². The van der Waals surface area contributed by atoms with Crippen LogP contribution >= 0.6 is 11.6 Å². The molecular weight excluding hydrogens is 326 g/mol. The molecular formula is C14H14ClN3O3S.